The second kappa shape index (κ2) is 12.9. The van der Waals surface area contributed by atoms with Crippen LogP contribution >= 0.6 is 0 Å². The van der Waals surface area contributed by atoms with Gasteiger partial charge in [-0.3, -0.25) is 19.2 Å². The third-order valence-electron chi connectivity index (χ3n) is 4.78. The number of hydrogen-bond donors (Lipinski definition) is 1. The fourth-order valence-electron chi connectivity index (χ4n) is 3.46. The number of esters is 4. The number of carbonyl (C=O) groups excluding carboxylic acids is 4. The highest BCUT2D eigenvalue weighted by Gasteiger charge is 2.52. The van der Waals surface area contributed by atoms with E-state index in [9.17, 15) is 24.3 Å². The Hall–Kier alpha value is -3.18. The first-order valence-corrected chi connectivity index (χ1v) is 10.8. The van der Waals surface area contributed by atoms with Gasteiger partial charge in [0, 0.05) is 27.7 Å². The minimum Gasteiger partial charge on any atom is -0.508 e. The summed E-state index contributed by atoms with van der Waals surface area (Å²) in [6, 6.07) is 6.72. The van der Waals surface area contributed by atoms with Crippen molar-refractivity contribution in [2.45, 2.75) is 71.2 Å². The first-order chi connectivity index (χ1) is 16.1. The van der Waals surface area contributed by atoms with Gasteiger partial charge in [-0.15, -0.1) is 0 Å². The quantitative estimate of drug-likeness (QED) is 0.294. The summed E-state index contributed by atoms with van der Waals surface area (Å²) in [6.07, 6.45) is -4.79. The molecule has 0 aromatic heterocycles. The zero-order chi connectivity index (χ0) is 25.3. The number of hydrogen-bond acceptors (Lipinski definition) is 11. The molecule has 0 spiro atoms. The van der Waals surface area contributed by atoms with Crippen molar-refractivity contribution in [2.75, 3.05) is 13.2 Å². The highest BCUT2D eigenvalue weighted by atomic mass is 16.7. The molecule has 1 heterocycles. The topological polar surface area (TPSA) is 144 Å². The van der Waals surface area contributed by atoms with Crippen LogP contribution in [0.2, 0.25) is 0 Å². The normalized spacial score (nSPS) is 24.1. The van der Waals surface area contributed by atoms with Crippen LogP contribution in [-0.4, -0.2) is 72.9 Å². The van der Waals surface area contributed by atoms with Crippen LogP contribution in [0.1, 0.15) is 39.7 Å². The van der Waals surface area contributed by atoms with Crippen molar-refractivity contribution in [1.82, 2.24) is 0 Å². The van der Waals surface area contributed by atoms with E-state index < -0.39 is 54.6 Å². The summed E-state index contributed by atoms with van der Waals surface area (Å²) >= 11 is 0. The van der Waals surface area contributed by atoms with Crippen molar-refractivity contribution in [3.05, 3.63) is 29.8 Å². The highest BCUT2D eigenvalue weighted by molar-refractivity contribution is 5.68. The van der Waals surface area contributed by atoms with Crippen molar-refractivity contribution in [1.29, 1.82) is 0 Å². The molecule has 0 saturated carbocycles. The molecule has 0 unspecified atom stereocenters. The maximum Gasteiger partial charge on any atom is 0.303 e. The Morgan fingerprint density at radius 1 is 0.824 bits per heavy atom. The van der Waals surface area contributed by atoms with E-state index in [4.69, 9.17) is 28.4 Å². The number of carbonyl (C=O) groups is 4. The molecule has 1 aliphatic rings. The van der Waals surface area contributed by atoms with Gasteiger partial charge in [0.05, 0.1) is 6.61 Å². The van der Waals surface area contributed by atoms with Gasteiger partial charge in [-0.1, -0.05) is 12.1 Å². The molecule has 188 valence electrons. The molecule has 1 N–H and O–H groups in total. The predicted molar refractivity (Wildman–Crippen MR) is 114 cm³/mol. The highest BCUT2D eigenvalue weighted by Crippen LogP contribution is 2.30. The summed E-state index contributed by atoms with van der Waals surface area (Å²) < 4.78 is 32.7. The van der Waals surface area contributed by atoms with Crippen molar-refractivity contribution in [2.24, 2.45) is 0 Å². The van der Waals surface area contributed by atoms with E-state index in [-0.39, 0.29) is 19.0 Å². The van der Waals surface area contributed by atoms with Crippen molar-refractivity contribution in [3.8, 4) is 5.75 Å². The van der Waals surface area contributed by atoms with Gasteiger partial charge in [0.15, 0.2) is 24.6 Å². The smallest absolute Gasteiger partial charge is 0.303 e. The lowest BCUT2D eigenvalue weighted by molar-refractivity contribution is -0.308. The van der Waals surface area contributed by atoms with Crippen LogP contribution in [0.3, 0.4) is 0 Å². The number of ether oxygens (including phenoxy) is 6. The summed E-state index contributed by atoms with van der Waals surface area (Å²) in [5, 5.41) is 9.38. The van der Waals surface area contributed by atoms with Crippen molar-refractivity contribution >= 4 is 23.9 Å². The van der Waals surface area contributed by atoms with Gasteiger partial charge in [-0.2, -0.15) is 0 Å². The maximum absolute atomic E-state index is 11.8. The van der Waals surface area contributed by atoms with Crippen LogP contribution in [0.25, 0.3) is 0 Å². The lowest BCUT2D eigenvalue weighted by atomic mass is 9.98. The molecule has 11 nitrogen and oxygen atoms in total. The monoisotopic (exact) mass is 482 g/mol. The first-order valence-electron chi connectivity index (χ1n) is 10.8. The van der Waals surface area contributed by atoms with E-state index in [1.807, 2.05) is 0 Å². The molecule has 0 radical (unpaired) electrons. The molecule has 2 rings (SSSR count). The summed E-state index contributed by atoms with van der Waals surface area (Å²) in [7, 11) is 0. The molecule has 0 bridgehead atoms. The first kappa shape index (κ1) is 27.1. The molecule has 1 aromatic rings. The van der Waals surface area contributed by atoms with E-state index in [1.165, 1.54) is 13.8 Å². The zero-order valence-electron chi connectivity index (χ0n) is 19.6. The van der Waals surface area contributed by atoms with E-state index >= 15 is 0 Å². The summed E-state index contributed by atoms with van der Waals surface area (Å²) in [6.45, 7) is 4.53. The molecule has 34 heavy (non-hydrogen) atoms. The third-order valence-corrected chi connectivity index (χ3v) is 4.78. The Morgan fingerprint density at radius 3 is 1.94 bits per heavy atom. The van der Waals surface area contributed by atoms with Gasteiger partial charge in [0.25, 0.3) is 0 Å². The van der Waals surface area contributed by atoms with Gasteiger partial charge < -0.3 is 33.5 Å². The minimum absolute atomic E-state index is 0.164. The van der Waals surface area contributed by atoms with Crippen LogP contribution in [-0.2, 0) is 54.0 Å². The van der Waals surface area contributed by atoms with Gasteiger partial charge in [0.2, 0.25) is 0 Å². The molecule has 1 aliphatic heterocycles. The third kappa shape index (κ3) is 8.64. The standard InChI is InChI=1S/C23H30O11/c1-13(24)30-12-19-20(31-14(2)25)21(32-15(3)26)22(33-16(4)27)23(34-19)29-11-5-6-17-7-9-18(28)10-8-17/h7-10,19-23,28H,5-6,11-12H2,1-4H3/t19-,20+,21+,22-,23-/m1/s1. The largest absolute Gasteiger partial charge is 0.508 e. The summed E-state index contributed by atoms with van der Waals surface area (Å²) in [4.78, 5) is 46.7. The fraction of sp³-hybridized carbons (Fsp3) is 0.565. The van der Waals surface area contributed by atoms with Crippen LogP contribution in [0.4, 0.5) is 0 Å². The molecule has 1 saturated heterocycles. The van der Waals surface area contributed by atoms with Crippen LogP contribution < -0.4 is 0 Å². The second-order valence-electron chi connectivity index (χ2n) is 7.71. The van der Waals surface area contributed by atoms with Crippen LogP contribution in [0, 0.1) is 0 Å². The zero-order valence-corrected chi connectivity index (χ0v) is 19.6. The van der Waals surface area contributed by atoms with E-state index in [2.05, 4.69) is 0 Å². The molecular weight excluding hydrogens is 452 g/mol. The van der Waals surface area contributed by atoms with Crippen molar-refractivity contribution < 1.29 is 52.7 Å². The van der Waals surface area contributed by atoms with Gasteiger partial charge in [-0.05, 0) is 30.5 Å². The average Bonchev–Trinajstić information content (AvgIpc) is 2.74. The van der Waals surface area contributed by atoms with Crippen LogP contribution in [0.5, 0.6) is 5.75 Å². The SMILES string of the molecule is CC(=O)OC[C@H]1O[C@@H](OCCCc2ccc(O)cc2)[C@H](OC(C)=O)[C@@H](OC(C)=O)[C@H]1OC(C)=O. The fourth-order valence-corrected chi connectivity index (χ4v) is 3.46. The molecular formula is C23H30O11. The molecule has 11 heteroatoms. The number of rotatable bonds is 10. The maximum atomic E-state index is 11.8. The van der Waals surface area contributed by atoms with Gasteiger partial charge >= 0.3 is 23.9 Å². The van der Waals surface area contributed by atoms with Crippen molar-refractivity contribution in [3.63, 3.8) is 0 Å². The van der Waals surface area contributed by atoms with Gasteiger partial charge in [-0.25, -0.2) is 0 Å². The summed E-state index contributed by atoms with van der Waals surface area (Å²) in [5.74, 6) is -2.53. The number of aromatic hydroxyl groups is 1. The average molecular weight is 482 g/mol. The number of phenolic OH excluding ortho intramolecular Hbond substituents is 1. The van der Waals surface area contributed by atoms with E-state index in [0.717, 1.165) is 19.4 Å². The molecule has 0 amide bonds. The Balaban J connectivity index is 2.20. The van der Waals surface area contributed by atoms with E-state index in [1.54, 1.807) is 24.3 Å². The minimum atomic E-state index is -1.26. The van der Waals surface area contributed by atoms with E-state index in [0.29, 0.717) is 12.8 Å². The molecule has 1 fully saturated rings. The Morgan fingerprint density at radius 2 is 1.38 bits per heavy atom. The molecule has 0 aliphatic carbocycles. The Labute approximate surface area is 197 Å². The van der Waals surface area contributed by atoms with Gasteiger partial charge in [0.1, 0.15) is 18.5 Å². The predicted octanol–water partition coefficient (Wildman–Crippen LogP) is 1.42. The number of aryl methyl sites for hydroxylation is 1. The molecule has 1 aromatic carbocycles. The molecule has 5 atom stereocenters. The number of phenols is 1. The van der Waals surface area contributed by atoms with Crippen LogP contribution in [0.15, 0.2) is 24.3 Å². The Kier molecular flexibility index (Phi) is 10.3. The second-order valence-corrected chi connectivity index (χ2v) is 7.71. The number of benzene rings is 1. The lowest BCUT2D eigenvalue weighted by Gasteiger charge is -2.44. The summed E-state index contributed by atoms with van der Waals surface area (Å²) in [5.41, 5.74) is 0.975. The Bertz CT molecular complexity index is 851. The lowest BCUT2D eigenvalue weighted by Crippen LogP contribution is -2.63.